The predicted octanol–water partition coefficient (Wildman–Crippen LogP) is 0.573. The molecule has 1 atom stereocenters. The summed E-state index contributed by atoms with van der Waals surface area (Å²) < 4.78 is 0. The van der Waals surface area contributed by atoms with Gasteiger partial charge in [0.25, 0.3) is 0 Å². The molecule has 0 spiro atoms. The fraction of sp³-hybridized carbons (Fsp3) is 0.600. The van der Waals surface area contributed by atoms with Crippen molar-refractivity contribution in [1.82, 2.24) is 15.3 Å². The molecule has 0 saturated carbocycles. The third kappa shape index (κ3) is 2.68. The Kier molecular flexibility index (Phi) is 3.48. The van der Waals surface area contributed by atoms with Crippen LogP contribution in [0.2, 0.25) is 0 Å². The first-order chi connectivity index (χ1) is 8.20. The Morgan fingerprint density at radius 2 is 2.24 bits per heavy atom. The van der Waals surface area contributed by atoms with Crippen LogP contribution in [-0.4, -0.2) is 41.1 Å². The molecule has 1 fully saturated rings. The lowest BCUT2D eigenvalue weighted by molar-refractivity contribution is -0.385. The van der Waals surface area contributed by atoms with Gasteiger partial charge in [-0.15, -0.1) is 0 Å². The first-order valence-corrected chi connectivity index (χ1v) is 5.59. The van der Waals surface area contributed by atoms with Crippen LogP contribution in [0.15, 0.2) is 12.4 Å². The quantitative estimate of drug-likeness (QED) is 0.611. The molecule has 1 aliphatic rings. The highest BCUT2D eigenvalue weighted by Crippen LogP contribution is 2.17. The number of aromatic nitrogens is 2. The van der Waals surface area contributed by atoms with E-state index in [9.17, 15) is 10.1 Å². The Morgan fingerprint density at radius 1 is 1.53 bits per heavy atom. The standard InChI is InChI=1S/C10H15N5O2/c1-11-8-3-2-4-14(7-8)10-12-5-9(6-13-10)15(16)17/h5-6,8,11H,2-4,7H2,1H3. The molecule has 1 N–H and O–H groups in total. The zero-order chi connectivity index (χ0) is 12.3. The predicted molar refractivity (Wildman–Crippen MR) is 63.0 cm³/mol. The first-order valence-electron chi connectivity index (χ1n) is 5.59. The van der Waals surface area contributed by atoms with Gasteiger partial charge in [-0.1, -0.05) is 0 Å². The van der Waals surface area contributed by atoms with Gasteiger partial charge in [0.1, 0.15) is 12.4 Å². The summed E-state index contributed by atoms with van der Waals surface area (Å²) in [5.74, 6) is 0.565. The zero-order valence-corrected chi connectivity index (χ0v) is 9.67. The summed E-state index contributed by atoms with van der Waals surface area (Å²) in [7, 11) is 1.94. The lowest BCUT2D eigenvalue weighted by atomic mass is 10.1. The van der Waals surface area contributed by atoms with Crippen LogP contribution < -0.4 is 10.2 Å². The van der Waals surface area contributed by atoms with Gasteiger partial charge in [-0.05, 0) is 19.9 Å². The number of piperidine rings is 1. The van der Waals surface area contributed by atoms with E-state index in [2.05, 4.69) is 15.3 Å². The molecule has 17 heavy (non-hydrogen) atoms. The van der Waals surface area contributed by atoms with Crippen molar-refractivity contribution in [2.24, 2.45) is 0 Å². The maximum absolute atomic E-state index is 10.5. The molecule has 0 aliphatic carbocycles. The summed E-state index contributed by atoms with van der Waals surface area (Å²) in [6.45, 7) is 1.74. The topological polar surface area (TPSA) is 84.2 Å². The van der Waals surface area contributed by atoms with Crippen molar-refractivity contribution in [1.29, 1.82) is 0 Å². The Morgan fingerprint density at radius 3 is 2.82 bits per heavy atom. The van der Waals surface area contributed by atoms with Crippen LogP contribution in [0.25, 0.3) is 0 Å². The number of likely N-dealkylation sites (N-methyl/N-ethyl adjacent to an activating group) is 1. The minimum Gasteiger partial charge on any atom is -0.339 e. The van der Waals surface area contributed by atoms with Crippen molar-refractivity contribution < 1.29 is 4.92 Å². The van der Waals surface area contributed by atoms with Gasteiger partial charge in [0.15, 0.2) is 0 Å². The summed E-state index contributed by atoms with van der Waals surface area (Å²) in [6.07, 6.45) is 4.72. The molecule has 1 saturated heterocycles. The second-order valence-corrected chi connectivity index (χ2v) is 4.07. The highest BCUT2D eigenvalue weighted by Gasteiger charge is 2.20. The summed E-state index contributed by atoms with van der Waals surface area (Å²) in [5.41, 5.74) is -0.0732. The van der Waals surface area contributed by atoms with Crippen molar-refractivity contribution in [2.45, 2.75) is 18.9 Å². The van der Waals surface area contributed by atoms with E-state index in [4.69, 9.17) is 0 Å². The van der Waals surface area contributed by atoms with Crippen LogP contribution in [0.3, 0.4) is 0 Å². The number of hydrogen-bond acceptors (Lipinski definition) is 6. The van der Waals surface area contributed by atoms with Crippen molar-refractivity contribution >= 4 is 11.6 Å². The minimum absolute atomic E-state index is 0.0732. The number of nitro groups is 1. The minimum atomic E-state index is -0.490. The van der Waals surface area contributed by atoms with E-state index in [-0.39, 0.29) is 5.69 Å². The van der Waals surface area contributed by atoms with Crippen LogP contribution in [0.5, 0.6) is 0 Å². The first kappa shape index (κ1) is 11.7. The molecule has 0 amide bonds. The van der Waals surface area contributed by atoms with Gasteiger partial charge in [-0.2, -0.15) is 0 Å². The van der Waals surface area contributed by atoms with Gasteiger partial charge in [-0.25, -0.2) is 9.97 Å². The summed E-state index contributed by atoms with van der Waals surface area (Å²) in [6, 6.07) is 0.433. The van der Waals surface area contributed by atoms with Gasteiger partial charge >= 0.3 is 5.69 Å². The molecule has 7 heteroatoms. The second-order valence-electron chi connectivity index (χ2n) is 4.07. The second kappa shape index (κ2) is 5.05. The van der Waals surface area contributed by atoms with Crippen molar-refractivity contribution in [2.75, 3.05) is 25.0 Å². The third-order valence-corrected chi connectivity index (χ3v) is 2.95. The van der Waals surface area contributed by atoms with E-state index in [0.29, 0.717) is 12.0 Å². The summed E-state index contributed by atoms with van der Waals surface area (Å²) in [4.78, 5) is 20.1. The van der Waals surface area contributed by atoms with E-state index >= 15 is 0 Å². The van der Waals surface area contributed by atoms with E-state index in [1.807, 2.05) is 11.9 Å². The van der Waals surface area contributed by atoms with Crippen LogP contribution in [-0.2, 0) is 0 Å². The number of rotatable bonds is 3. The molecule has 1 unspecified atom stereocenters. The smallest absolute Gasteiger partial charge is 0.305 e. The van der Waals surface area contributed by atoms with Gasteiger partial charge in [0.2, 0.25) is 5.95 Å². The molecule has 1 aliphatic heterocycles. The fourth-order valence-electron chi connectivity index (χ4n) is 1.97. The maximum Gasteiger partial charge on any atom is 0.305 e. The molecular formula is C10H15N5O2. The van der Waals surface area contributed by atoms with Crippen LogP contribution in [0.4, 0.5) is 11.6 Å². The zero-order valence-electron chi connectivity index (χ0n) is 9.67. The Bertz CT molecular complexity index is 394. The molecular weight excluding hydrogens is 222 g/mol. The van der Waals surface area contributed by atoms with Gasteiger partial charge in [0.05, 0.1) is 4.92 Å². The summed E-state index contributed by atoms with van der Waals surface area (Å²) in [5, 5.41) is 13.7. The molecule has 0 radical (unpaired) electrons. The van der Waals surface area contributed by atoms with Crippen molar-refractivity contribution in [3.63, 3.8) is 0 Å². The monoisotopic (exact) mass is 237 g/mol. The fourth-order valence-corrected chi connectivity index (χ4v) is 1.97. The SMILES string of the molecule is CNC1CCCN(c2ncc([N+](=O)[O-])cn2)C1. The normalized spacial score (nSPS) is 20.3. The molecule has 1 aromatic rings. The Balaban J connectivity index is 2.08. The van der Waals surface area contributed by atoms with Crippen LogP contribution in [0.1, 0.15) is 12.8 Å². The van der Waals surface area contributed by atoms with Crippen LogP contribution >= 0.6 is 0 Å². The molecule has 2 rings (SSSR count). The van der Waals surface area contributed by atoms with E-state index in [1.54, 1.807) is 0 Å². The summed E-state index contributed by atoms with van der Waals surface area (Å²) >= 11 is 0. The Hall–Kier alpha value is -1.76. The van der Waals surface area contributed by atoms with Crippen LogP contribution in [0, 0.1) is 10.1 Å². The highest BCUT2D eigenvalue weighted by molar-refractivity contribution is 5.34. The van der Waals surface area contributed by atoms with Crippen molar-refractivity contribution in [3.05, 3.63) is 22.5 Å². The number of anilines is 1. The molecule has 1 aromatic heterocycles. The largest absolute Gasteiger partial charge is 0.339 e. The van der Waals surface area contributed by atoms with E-state index in [0.717, 1.165) is 25.9 Å². The lowest BCUT2D eigenvalue weighted by Crippen LogP contribution is -2.45. The van der Waals surface area contributed by atoms with Gasteiger partial charge < -0.3 is 10.2 Å². The molecule has 2 heterocycles. The molecule has 0 aromatic carbocycles. The molecule has 7 nitrogen and oxygen atoms in total. The number of nitrogens with zero attached hydrogens (tertiary/aromatic N) is 4. The average molecular weight is 237 g/mol. The van der Waals surface area contributed by atoms with E-state index in [1.165, 1.54) is 12.4 Å². The lowest BCUT2D eigenvalue weighted by Gasteiger charge is -2.32. The van der Waals surface area contributed by atoms with E-state index < -0.39 is 4.92 Å². The van der Waals surface area contributed by atoms with Gasteiger partial charge in [0, 0.05) is 19.1 Å². The maximum atomic E-state index is 10.5. The highest BCUT2D eigenvalue weighted by atomic mass is 16.6. The van der Waals surface area contributed by atoms with Crippen molar-refractivity contribution in [3.8, 4) is 0 Å². The number of hydrogen-bond donors (Lipinski definition) is 1. The number of nitrogens with one attached hydrogen (secondary N) is 1. The van der Waals surface area contributed by atoms with Gasteiger partial charge in [-0.3, -0.25) is 10.1 Å². The third-order valence-electron chi connectivity index (χ3n) is 2.95. The molecule has 92 valence electrons. The molecule has 0 bridgehead atoms. The Labute approximate surface area is 99.0 Å². The average Bonchev–Trinajstić information content (AvgIpc) is 2.39.